The van der Waals surface area contributed by atoms with Crippen molar-refractivity contribution >= 4 is 45.3 Å². The van der Waals surface area contributed by atoms with Gasteiger partial charge in [-0.3, -0.25) is 4.79 Å². The molecule has 0 radical (unpaired) electrons. The zero-order valence-corrected chi connectivity index (χ0v) is 15.7. The lowest BCUT2D eigenvalue weighted by atomic mass is 10.1. The van der Waals surface area contributed by atoms with Gasteiger partial charge in [-0.05, 0) is 72.5 Å². The average Bonchev–Trinajstić information content (AvgIpc) is 2.48. The Kier molecular flexibility index (Phi) is 6.14. The van der Waals surface area contributed by atoms with Crippen LogP contribution < -0.4 is 10.1 Å². The number of anilines is 1. The van der Waals surface area contributed by atoms with Gasteiger partial charge in [0.15, 0.2) is 0 Å². The molecule has 1 amide bonds. The summed E-state index contributed by atoms with van der Waals surface area (Å²) in [6.07, 6.45) is 1.76. The Morgan fingerprint density at radius 3 is 2.68 bits per heavy atom. The van der Waals surface area contributed by atoms with Crippen LogP contribution in [0, 0.1) is 17.4 Å². The third-order valence-electron chi connectivity index (χ3n) is 3.20. The molecule has 116 valence electrons. The maximum Gasteiger partial charge on any atom is 0.283 e. The molecule has 0 aliphatic rings. The summed E-state index contributed by atoms with van der Waals surface area (Å²) in [4.78, 5) is 11.6. The zero-order chi connectivity index (χ0) is 16.1. The minimum absolute atomic E-state index is 0.0750. The van der Waals surface area contributed by atoms with E-state index in [0.717, 1.165) is 37.9 Å². The first-order chi connectivity index (χ1) is 10.5. The third-order valence-corrected chi connectivity index (χ3v) is 4.35. The molecule has 0 aliphatic heterocycles. The van der Waals surface area contributed by atoms with Crippen LogP contribution in [0.2, 0.25) is 0 Å². The summed E-state index contributed by atoms with van der Waals surface area (Å²) >= 11 is 3.42. The van der Waals surface area contributed by atoms with Crippen molar-refractivity contribution in [2.24, 2.45) is 0 Å². The van der Waals surface area contributed by atoms with Gasteiger partial charge < -0.3 is 10.1 Å². The first-order valence-electron chi connectivity index (χ1n) is 6.83. The molecule has 0 spiro atoms. The summed E-state index contributed by atoms with van der Waals surface area (Å²) in [5.41, 5.74) is 4.09. The van der Waals surface area contributed by atoms with Crippen molar-refractivity contribution in [1.82, 2.24) is 0 Å². The van der Waals surface area contributed by atoms with Crippen LogP contribution >= 0.6 is 34.4 Å². The molecule has 0 unspecified atom stereocenters. The lowest BCUT2D eigenvalue weighted by Gasteiger charge is -2.14. The highest BCUT2D eigenvalue weighted by molar-refractivity contribution is 14.1. The number of benzene rings is 2. The van der Waals surface area contributed by atoms with Crippen LogP contribution in [0.25, 0.3) is 0 Å². The van der Waals surface area contributed by atoms with Crippen LogP contribution in [0.15, 0.2) is 36.4 Å². The van der Waals surface area contributed by atoms with E-state index in [0.29, 0.717) is 6.61 Å². The molecule has 0 aliphatic carbocycles. The van der Waals surface area contributed by atoms with Gasteiger partial charge in [-0.1, -0.05) is 29.5 Å². The van der Waals surface area contributed by atoms with Crippen molar-refractivity contribution < 1.29 is 9.53 Å². The van der Waals surface area contributed by atoms with E-state index in [9.17, 15) is 4.79 Å². The topological polar surface area (TPSA) is 38.3 Å². The molecule has 0 aromatic heterocycles. The maximum atomic E-state index is 11.6. The lowest BCUT2D eigenvalue weighted by molar-refractivity contribution is 0.269. The van der Waals surface area contributed by atoms with E-state index in [1.54, 1.807) is 6.26 Å². The fourth-order valence-electron chi connectivity index (χ4n) is 2.08. The number of hydrogen-bond donors (Lipinski definition) is 1. The van der Waals surface area contributed by atoms with Gasteiger partial charge in [0.25, 0.3) is 5.24 Å². The number of amides is 1. The van der Waals surface area contributed by atoms with Crippen LogP contribution in [0.1, 0.15) is 16.7 Å². The Morgan fingerprint density at radius 2 is 2.00 bits per heavy atom. The van der Waals surface area contributed by atoms with Crippen LogP contribution in [-0.2, 0) is 6.61 Å². The average molecular weight is 427 g/mol. The molecular weight excluding hydrogens is 409 g/mol. The second-order valence-corrected chi connectivity index (χ2v) is 7.00. The van der Waals surface area contributed by atoms with Crippen molar-refractivity contribution in [3.8, 4) is 5.75 Å². The molecule has 2 rings (SSSR count). The van der Waals surface area contributed by atoms with Gasteiger partial charge in [-0.25, -0.2) is 0 Å². The Bertz CT molecular complexity index is 688. The van der Waals surface area contributed by atoms with Crippen molar-refractivity contribution in [2.45, 2.75) is 20.5 Å². The number of hydrogen-bond acceptors (Lipinski definition) is 3. The van der Waals surface area contributed by atoms with Gasteiger partial charge in [0.2, 0.25) is 0 Å². The summed E-state index contributed by atoms with van der Waals surface area (Å²) in [6, 6.07) is 12.0. The third kappa shape index (κ3) is 4.64. The number of carbonyl (C=O) groups excluding carboxylic acids is 1. The summed E-state index contributed by atoms with van der Waals surface area (Å²) < 4.78 is 7.04. The molecule has 0 fully saturated rings. The first kappa shape index (κ1) is 17.1. The largest absolute Gasteiger partial charge is 0.489 e. The minimum atomic E-state index is -0.0750. The van der Waals surface area contributed by atoms with Crippen LogP contribution in [-0.4, -0.2) is 11.5 Å². The van der Waals surface area contributed by atoms with E-state index in [2.05, 4.69) is 40.9 Å². The summed E-state index contributed by atoms with van der Waals surface area (Å²) in [6.45, 7) is 4.52. The summed E-state index contributed by atoms with van der Waals surface area (Å²) in [7, 11) is 0. The van der Waals surface area contributed by atoms with Gasteiger partial charge in [0, 0.05) is 14.8 Å². The molecule has 0 saturated carbocycles. The van der Waals surface area contributed by atoms with Crippen LogP contribution in [0.4, 0.5) is 10.5 Å². The lowest BCUT2D eigenvalue weighted by Crippen LogP contribution is -2.08. The van der Waals surface area contributed by atoms with Gasteiger partial charge in [0.05, 0.1) is 0 Å². The fraction of sp³-hybridized carbons (Fsp3) is 0.235. The number of ether oxygens (including phenoxy) is 1. The van der Waals surface area contributed by atoms with E-state index >= 15 is 0 Å². The predicted octanol–water partition coefficient (Wildman–Crippen LogP) is 5.38. The summed E-state index contributed by atoms with van der Waals surface area (Å²) in [5.74, 6) is 0.867. The molecule has 5 heteroatoms. The molecule has 0 saturated heterocycles. The van der Waals surface area contributed by atoms with Gasteiger partial charge >= 0.3 is 0 Å². The molecule has 0 bridgehead atoms. The van der Waals surface area contributed by atoms with Gasteiger partial charge in [-0.15, -0.1) is 0 Å². The second-order valence-electron chi connectivity index (χ2n) is 4.98. The molecule has 0 heterocycles. The monoisotopic (exact) mass is 427 g/mol. The fourth-order valence-corrected chi connectivity index (χ4v) is 2.85. The summed E-state index contributed by atoms with van der Waals surface area (Å²) in [5, 5.41) is 2.81. The number of rotatable bonds is 4. The number of halogens is 1. The van der Waals surface area contributed by atoms with Gasteiger partial charge in [0.1, 0.15) is 12.4 Å². The van der Waals surface area contributed by atoms with Gasteiger partial charge in [-0.2, -0.15) is 0 Å². The number of aryl methyl sites for hydroxylation is 2. The highest BCUT2D eigenvalue weighted by atomic mass is 127. The first-order valence-corrected chi connectivity index (χ1v) is 9.13. The number of nitrogens with one attached hydrogen (secondary N) is 1. The maximum absolute atomic E-state index is 11.6. The number of thioether (sulfide) groups is 1. The van der Waals surface area contributed by atoms with Crippen molar-refractivity contribution in [3.05, 3.63) is 56.7 Å². The molecular formula is C17H18INO2S. The van der Waals surface area contributed by atoms with Crippen molar-refractivity contribution in [2.75, 3.05) is 11.6 Å². The smallest absolute Gasteiger partial charge is 0.283 e. The highest BCUT2D eigenvalue weighted by Crippen LogP contribution is 2.24. The van der Waals surface area contributed by atoms with Crippen molar-refractivity contribution in [1.29, 1.82) is 0 Å². The number of carbonyl (C=O) groups is 1. The molecule has 22 heavy (non-hydrogen) atoms. The van der Waals surface area contributed by atoms with E-state index in [1.807, 2.05) is 37.3 Å². The molecule has 0 atom stereocenters. The Balaban J connectivity index is 2.17. The molecule has 3 nitrogen and oxygen atoms in total. The van der Waals surface area contributed by atoms with E-state index in [-0.39, 0.29) is 5.24 Å². The predicted molar refractivity (Wildman–Crippen MR) is 102 cm³/mol. The Hall–Kier alpha value is -1.21. The van der Waals surface area contributed by atoms with Crippen LogP contribution in [0.5, 0.6) is 5.75 Å². The zero-order valence-electron chi connectivity index (χ0n) is 12.8. The normalized spacial score (nSPS) is 10.4. The molecule has 2 aromatic carbocycles. The molecule has 2 aromatic rings. The SMILES string of the molecule is CSC(=O)Nc1ccc(I)cc1COc1ccc(C)cc1C. The Labute approximate surface area is 149 Å². The highest BCUT2D eigenvalue weighted by Gasteiger charge is 2.08. The van der Waals surface area contributed by atoms with Crippen molar-refractivity contribution in [3.63, 3.8) is 0 Å². The van der Waals surface area contributed by atoms with E-state index in [4.69, 9.17) is 4.74 Å². The standard InChI is InChI=1S/C17H18INO2S/c1-11-4-7-16(12(2)8-11)21-10-13-9-14(18)5-6-15(13)19-17(20)22-3/h4-9H,10H2,1-3H3,(H,19,20). The Morgan fingerprint density at radius 1 is 1.23 bits per heavy atom. The van der Waals surface area contributed by atoms with E-state index in [1.165, 1.54) is 5.56 Å². The molecule has 1 N–H and O–H groups in total. The van der Waals surface area contributed by atoms with Crippen LogP contribution in [0.3, 0.4) is 0 Å². The second kappa shape index (κ2) is 7.87. The quantitative estimate of drug-likeness (QED) is 0.666. The van der Waals surface area contributed by atoms with E-state index < -0.39 is 0 Å². The minimum Gasteiger partial charge on any atom is -0.489 e.